The second-order valence-corrected chi connectivity index (χ2v) is 6.03. The molecule has 0 bridgehead atoms. The molecule has 1 fully saturated rings. The Hall–Kier alpha value is -1.14. The van der Waals surface area contributed by atoms with Crippen LogP contribution < -0.4 is 4.90 Å². The number of benzene rings is 1. The molecule has 1 atom stereocenters. The summed E-state index contributed by atoms with van der Waals surface area (Å²) in [6.45, 7) is 0.718. The molecule has 0 radical (unpaired) electrons. The summed E-state index contributed by atoms with van der Waals surface area (Å²) in [4.78, 5) is 18.1. The molecular formula is C12H11BrN2O2S. The number of nitrogens with zero attached hydrogens (tertiary/aromatic N) is 2. The number of phenolic OH excluding ortho intramolecular Hbond substituents is 1. The monoisotopic (exact) mass is 326 g/mol. The molecule has 3 rings (SSSR count). The van der Waals surface area contributed by atoms with Crippen LogP contribution in [0.3, 0.4) is 0 Å². The molecule has 0 spiro atoms. The maximum absolute atomic E-state index is 11.9. The second-order valence-electron chi connectivity index (χ2n) is 4.38. The van der Waals surface area contributed by atoms with E-state index in [0.29, 0.717) is 12.3 Å². The molecule has 4 nitrogen and oxygen atoms in total. The van der Waals surface area contributed by atoms with Gasteiger partial charge in [-0.1, -0.05) is 27.3 Å². The van der Waals surface area contributed by atoms with Crippen molar-refractivity contribution in [3.05, 3.63) is 18.2 Å². The number of thiazole rings is 1. The van der Waals surface area contributed by atoms with Crippen LogP contribution in [0.15, 0.2) is 18.2 Å². The Bertz CT molecular complexity index is 613. The fourth-order valence-corrected chi connectivity index (χ4v) is 3.55. The van der Waals surface area contributed by atoms with Gasteiger partial charge in [-0.25, -0.2) is 4.98 Å². The molecule has 94 valence electrons. The van der Waals surface area contributed by atoms with Crippen molar-refractivity contribution in [2.75, 3.05) is 16.8 Å². The Morgan fingerprint density at radius 1 is 1.56 bits per heavy atom. The average Bonchev–Trinajstić information content (AvgIpc) is 2.91. The number of carbonyl (C=O) groups excluding carboxylic acids is 1. The normalized spacial score (nSPS) is 19.9. The van der Waals surface area contributed by atoms with E-state index in [0.717, 1.165) is 27.2 Å². The minimum Gasteiger partial charge on any atom is -0.508 e. The minimum atomic E-state index is 0.128. The van der Waals surface area contributed by atoms with Crippen molar-refractivity contribution in [3.8, 4) is 5.75 Å². The standard InChI is InChI=1S/C12H11BrN2O2S/c13-5-7-3-11(17)15(6-7)12-14-9-2-1-8(16)4-10(9)18-12/h1-2,4,7,16H,3,5-6H2. The molecule has 1 amide bonds. The first kappa shape index (κ1) is 11.9. The van der Waals surface area contributed by atoms with Gasteiger partial charge in [0.2, 0.25) is 5.91 Å². The van der Waals surface area contributed by atoms with E-state index < -0.39 is 0 Å². The van der Waals surface area contributed by atoms with Gasteiger partial charge in [0.1, 0.15) is 5.75 Å². The molecule has 6 heteroatoms. The third kappa shape index (κ3) is 1.99. The van der Waals surface area contributed by atoms with E-state index in [1.54, 1.807) is 23.1 Å². The van der Waals surface area contributed by atoms with Gasteiger partial charge in [0.25, 0.3) is 0 Å². The van der Waals surface area contributed by atoms with Crippen molar-refractivity contribution in [2.45, 2.75) is 6.42 Å². The highest BCUT2D eigenvalue weighted by molar-refractivity contribution is 9.09. The van der Waals surface area contributed by atoms with Crippen molar-refractivity contribution >= 4 is 48.5 Å². The molecule has 1 aliphatic rings. The predicted molar refractivity (Wildman–Crippen MR) is 75.5 cm³/mol. The lowest BCUT2D eigenvalue weighted by atomic mass is 10.2. The SMILES string of the molecule is O=C1CC(CBr)CN1c1nc2ccc(O)cc2s1. The van der Waals surface area contributed by atoms with E-state index in [-0.39, 0.29) is 11.7 Å². The lowest BCUT2D eigenvalue weighted by Gasteiger charge is -2.11. The van der Waals surface area contributed by atoms with Gasteiger partial charge < -0.3 is 5.11 Å². The first-order chi connectivity index (χ1) is 8.67. The zero-order valence-electron chi connectivity index (χ0n) is 9.47. The van der Waals surface area contributed by atoms with Crippen LogP contribution in [0, 0.1) is 5.92 Å². The molecule has 1 aromatic heterocycles. The number of halogens is 1. The zero-order valence-corrected chi connectivity index (χ0v) is 11.9. The van der Waals surface area contributed by atoms with Crippen LogP contribution >= 0.6 is 27.3 Å². The Morgan fingerprint density at radius 3 is 3.11 bits per heavy atom. The smallest absolute Gasteiger partial charge is 0.229 e. The highest BCUT2D eigenvalue weighted by atomic mass is 79.9. The number of aromatic hydroxyl groups is 1. The summed E-state index contributed by atoms with van der Waals surface area (Å²) in [6.07, 6.45) is 0.576. The van der Waals surface area contributed by atoms with Crippen molar-refractivity contribution in [2.24, 2.45) is 5.92 Å². The predicted octanol–water partition coefficient (Wildman–Crippen LogP) is 2.75. The third-order valence-corrected chi connectivity index (χ3v) is 4.97. The summed E-state index contributed by atoms with van der Waals surface area (Å²) in [5.41, 5.74) is 0.822. The third-order valence-electron chi connectivity index (χ3n) is 3.01. The summed E-state index contributed by atoms with van der Waals surface area (Å²) >= 11 is 4.86. The minimum absolute atomic E-state index is 0.128. The topological polar surface area (TPSA) is 53.4 Å². The van der Waals surface area contributed by atoms with Crippen LogP contribution in [0.25, 0.3) is 10.2 Å². The van der Waals surface area contributed by atoms with Gasteiger partial charge in [0.05, 0.1) is 10.2 Å². The largest absolute Gasteiger partial charge is 0.508 e. The number of amides is 1. The van der Waals surface area contributed by atoms with Crippen molar-refractivity contribution in [1.82, 2.24) is 4.98 Å². The van der Waals surface area contributed by atoms with Gasteiger partial charge >= 0.3 is 0 Å². The number of aromatic nitrogens is 1. The first-order valence-corrected chi connectivity index (χ1v) is 7.57. The van der Waals surface area contributed by atoms with E-state index in [2.05, 4.69) is 20.9 Å². The Morgan fingerprint density at radius 2 is 2.39 bits per heavy atom. The Balaban J connectivity index is 1.97. The fraction of sp³-hybridized carbons (Fsp3) is 0.333. The van der Waals surface area contributed by atoms with Gasteiger partial charge in [0, 0.05) is 18.3 Å². The van der Waals surface area contributed by atoms with Crippen molar-refractivity contribution in [1.29, 1.82) is 0 Å². The number of hydrogen-bond acceptors (Lipinski definition) is 4. The number of phenols is 1. The molecule has 0 aliphatic carbocycles. The average molecular weight is 327 g/mol. The molecule has 1 saturated heterocycles. The van der Waals surface area contributed by atoms with Crippen molar-refractivity contribution in [3.63, 3.8) is 0 Å². The first-order valence-electron chi connectivity index (χ1n) is 5.63. The van der Waals surface area contributed by atoms with E-state index >= 15 is 0 Å². The van der Waals surface area contributed by atoms with Crippen LogP contribution in [0.5, 0.6) is 5.75 Å². The van der Waals surface area contributed by atoms with Gasteiger partial charge in [-0.2, -0.15) is 0 Å². The van der Waals surface area contributed by atoms with Gasteiger partial charge in [-0.15, -0.1) is 0 Å². The van der Waals surface area contributed by atoms with Crippen molar-refractivity contribution < 1.29 is 9.90 Å². The molecule has 1 unspecified atom stereocenters. The lowest BCUT2D eigenvalue weighted by Crippen LogP contribution is -2.24. The van der Waals surface area contributed by atoms with E-state index in [4.69, 9.17) is 0 Å². The fourth-order valence-electron chi connectivity index (χ4n) is 2.09. The number of anilines is 1. The van der Waals surface area contributed by atoms with Gasteiger partial charge in [-0.05, 0) is 24.1 Å². The summed E-state index contributed by atoms with van der Waals surface area (Å²) in [7, 11) is 0. The van der Waals surface area contributed by atoms with Crippen LogP contribution in [0.4, 0.5) is 5.13 Å². The maximum Gasteiger partial charge on any atom is 0.229 e. The van der Waals surface area contributed by atoms with Crippen LogP contribution in [0.2, 0.25) is 0 Å². The summed E-state index contributed by atoms with van der Waals surface area (Å²) < 4.78 is 0.903. The Labute approximate surface area is 116 Å². The van der Waals surface area contributed by atoms with Gasteiger partial charge in [0.15, 0.2) is 5.13 Å². The highest BCUT2D eigenvalue weighted by Crippen LogP contribution is 2.34. The zero-order chi connectivity index (χ0) is 12.7. The molecule has 2 aromatic rings. The molecule has 1 N–H and O–H groups in total. The molecule has 1 aromatic carbocycles. The number of hydrogen-bond donors (Lipinski definition) is 1. The molecule has 1 aliphatic heterocycles. The van der Waals surface area contributed by atoms with E-state index in [9.17, 15) is 9.90 Å². The summed E-state index contributed by atoms with van der Waals surface area (Å²) in [5.74, 6) is 0.712. The molecule has 18 heavy (non-hydrogen) atoms. The lowest BCUT2D eigenvalue weighted by molar-refractivity contribution is -0.117. The molecule has 0 saturated carbocycles. The number of fused-ring (bicyclic) bond motifs is 1. The number of alkyl halides is 1. The van der Waals surface area contributed by atoms with E-state index in [1.807, 2.05) is 0 Å². The summed E-state index contributed by atoms with van der Waals surface area (Å²) in [5, 5.41) is 11.0. The van der Waals surface area contributed by atoms with Crippen LogP contribution in [0.1, 0.15) is 6.42 Å². The van der Waals surface area contributed by atoms with Gasteiger partial charge in [-0.3, -0.25) is 9.69 Å². The maximum atomic E-state index is 11.9. The second kappa shape index (κ2) is 4.51. The Kier molecular flexibility index (Phi) is 2.99. The highest BCUT2D eigenvalue weighted by Gasteiger charge is 2.31. The summed E-state index contributed by atoms with van der Waals surface area (Å²) in [6, 6.07) is 5.06. The van der Waals surface area contributed by atoms with Crippen LogP contribution in [-0.2, 0) is 4.79 Å². The molecule has 2 heterocycles. The quantitative estimate of drug-likeness (QED) is 0.863. The number of rotatable bonds is 2. The number of carbonyl (C=O) groups is 1. The van der Waals surface area contributed by atoms with Crippen LogP contribution in [-0.4, -0.2) is 27.9 Å². The van der Waals surface area contributed by atoms with E-state index in [1.165, 1.54) is 11.3 Å². The molecular weight excluding hydrogens is 316 g/mol.